The van der Waals surface area contributed by atoms with E-state index in [1.165, 1.54) is 5.56 Å². The second kappa shape index (κ2) is 7.78. The zero-order valence-corrected chi connectivity index (χ0v) is 13.6. The number of morpholine rings is 1. The van der Waals surface area contributed by atoms with Gasteiger partial charge in [0.15, 0.2) is 0 Å². The second-order valence-electron chi connectivity index (χ2n) is 5.98. The summed E-state index contributed by atoms with van der Waals surface area (Å²) in [6.45, 7) is 10.5. The predicted molar refractivity (Wildman–Crippen MR) is 85.9 cm³/mol. The summed E-state index contributed by atoms with van der Waals surface area (Å²) in [6.07, 6.45) is 0.279. The van der Waals surface area contributed by atoms with Crippen LogP contribution in [0.1, 0.15) is 32.4 Å². The number of hydrogen-bond donors (Lipinski definition) is 1. The SMILES string of the molecule is COc1ccc([C@@H](C)NCC2CN(C(C)C)CCO2)cc1. The van der Waals surface area contributed by atoms with Crippen molar-refractivity contribution in [3.8, 4) is 5.75 Å². The Morgan fingerprint density at radius 2 is 2.00 bits per heavy atom. The Bertz CT molecular complexity index is 419. The number of nitrogens with zero attached hydrogens (tertiary/aromatic N) is 1. The molecule has 21 heavy (non-hydrogen) atoms. The van der Waals surface area contributed by atoms with Gasteiger partial charge in [0.25, 0.3) is 0 Å². The molecule has 1 aromatic rings. The molecular formula is C17H28N2O2. The highest BCUT2D eigenvalue weighted by molar-refractivity contribution is 5.28. The minimum atomic E-state index is 0.279. The molecule has 0 saturated carbocycles. The molecule has 1 unspecified atom stereocenters. The molecular weight excluding hydrogens is 264 g/mol. The van der Waals surface area contributed by atoms with Gasteiger partial charge in [-0.25, -0.2) is 0 Å². The molecule has 0 bridgehead atoms. The summed E-state index contributed by atoms with van der Waals surface area (Å²) in [7, 11) is 1.69. The van der Waals surface area contributed by atoms with Crippen LogP contribution in [0, 0.1) is 0 Å². The van der Waals surface area contributed by atoms with Gasteiger partial charge in [-0.2, -0.15) is 0 Å². The molecule has 0 aliphatic carbocycles. The number of methoxy groups -OCH3 is 1. The lowest BCUT2D eigenvalue weighted by Crippen LogP contribution is -2.49. The number of hydrogen-bond acceptors (Lipinski definition) is 4. The second-order valence-corrected chi connectivity index (χ2v) is 5.98. The molecule has 1 aliphatic rings. The van der Waals surface area contributed by atoms with E-state index in [2.05, 4.69) is 43.1 Å². The molecule has 1 saturated heterocycles. The molecule has 0 aromatic heterocycles. The quantitative estimate of drug-likeness (QED) is 0.873. The van der Waals surface area contributed by atoms with Gasteiger partial charge >= 0.3 is 0 Å². The summed E-state index contributed by atoms with van der Waals surface area (Å²) in [6, 6.07) is 9.14. The van der Waals surface area contributed by atoms with E-state index in [0.717, 1.165) is 32.0 Å². The first-order chi connectivity index (χ1) is 10.1. The van der Waals surface area contributed by atoms with Crippen LogP contribution in [0.5, 0.6) is 5.75 Å². The molecule has 1 heterocycles. The van der Waals surface area contributed by atoms with Crippen LogP contribution in [0.2, 0.25) is 0 Å². The Kier molecular flexibility index (Phi) is 6.03. The first kappa shape index (κ1) is 16.3. The first-order valence-corrected chi connectivity index (χ1v) is 7.83. The van der Waals surface area contributed by atoms with Crippen LogP contribution in [-0.4, -0.2) is 50.4 Å². The van der Waals surface area contributed by atoms with Gasteiger partial charge in [0.1, 0.15) is 5.75 Å². The fourth-order valence-corrected chi connectivity index (χ4v) is 2.65. The fraction of sp³-hybridized carbons (Fsp3) is 0.647. The van der Waals surface area contributed by atoms with Gasteiger partial charge in [-0.1, -0.05) is 12.1 Å². The topological polar surface area (TPSA) is 33.7 Å². The lowest BCUT2D eigenvalue weighted by atomic mass is 10.1. The summed E-state index contributed by atoms with van der Waals surface area (Å²) in [5, 5.41) is 3.57. The molecule has 4 heteroatoms. The smallest absolute Gasteiger partial charge is 0.118 e. The summed E-state index contributed by atoms with van der Waals surface area (Å²) in [5.41, 5.74) is 1.27. The van der Waals surface area contributed by atoms with Crippen molar-refractivity contribution < 1.29 is 9.47 Å². The van der Waals surface area contributed by atoms with E-state index >= 15 is 0 Å². The minimum Gasteiger partial charge on any atom is -0.497 e. The molecule has 1 N–H and O–H groups in total. The highest BCUT2D eigenvalue weighted by Crippen LogP contribution is 2.17. The average molecular weight is 292 g/mol. The Morgan fingerprint density at radius 3 is 2.62 bits per heavy atom. The van der Waals surface area contributed by atoms with Crippen LogP contribution in [0.25, 0.3) is 0 Å². The standard InChI is InChI=1S/C17H28N2O2/c1-13(2)19-9-10-21-17(12-19)11-18-14(3)15-5-7-16(20-4)8-6-15/h5-8,13-14,17-18H,9-12H2,1-4H3/t14-,17?/m1/s1. The van der Waals surface area contributed by atoms with Gasteiger partial charge in [0, 0.05) is 31.7 Å². The van der Waals surface area contributed by atoms with E-state index in [1.54, 1.807) is 7.11 Å². The zero-order chi connectivity index (χ0) is 15.2. The van der Waals surface area contributed by atoms with Crippen LogP contribution in [-0.2, 0) is 4.74 Å². The lowest BCUT2D eigenvalue weighted by Gasteiger charge is -2.36. The van der Waals surface area contributed by atoms with Gasteiger partial charge in [0.2, 0.25) is 0 Å². The van der Waals surface area contributed by atoms with Crippen LogP contribution >= 0.6 is 0 Å². The van der Waals surface area contributed by atoms with Crippen molar-refractivity contribution >= 4 is 0 Å². The van der Waals surface area contributed by atoms with Crippen LogP contribution < -0.4 is 10.1 Å². The van der Waals surface area contributed by atoms with E-state index in [9.17, 15) is 0 Å². The summed E-state index contributed by atoms with van der Waals surface area (Å²) in [5.74, 6) is 0.897. The molecule has 0 radical (unpaired) electrons. The minimum absolute atomic E-state index is 0.279. The average Bonchev–Trinajstić information content (AvgIpc) is 2.53. The van der Waals surface area contributed by atoms with E-state index in [-0.39, 0.29) is 6.10 Å². The first-order valence-electron chi connectivity index (χ1n) is 7.83. The van der Waals surface area contributed by atoms with Gasteiger partial charge in [-0.15, -0.1) is 0 Å². The Labute approximate surface area is 128 Å². The molecule has 1 aliphatic heterocycles. The number of benzene rings is 1. The van der Waals surface area contributed by atoms with Gasteiger partial charge < -0.3 is 14.8 Å². The molecule has 0 spiro atoms. The fourth-order valence-electron chi connectivity index (χ4n) is 2.65. The van der Waals surface area contributed by atoms with Crippen LogP contribution in [0.15, 0.2) is 24.3 Å². The molecule has 0 amide bonds. The number of rotatable bonds is 6. The highest BCUT2D eigenvalue weighted by atomic mass is 16.5. The normalized spacial score (nSPS) is 21.5. The molecule has 118 valence electrons. The molecule has 2 rings (SSSR count). The predicted octanol–water partition coefficient (Wildman–Crippen LogP) is 2.46. The summed E-state index contributed by atoms with van der Waals surface area (Å²) in [4.78, 5) is 2.48. The Balaban J connectivity index is 1.81. The molecule has 4 nitrogen and oxygen atoms in total. The number of ether oxygens (including phenoxy) is 2. The summed E-state index contributed by atoms with van der Waals surface area (Å²) >= 11 is 0. The Morgan fingerprint density at radius 1 is 1.29 bits per heavy atom. The van der Waals surface area contributed by atoms with E-state index < -0.39 is 0 Å². The van der Waals surface area contributed by atoms with E-state index in [0.29, 0.717) is 12.1 Å². The maximum Gasteiger partial charge on any atom is 0.118 e. The maximum absolute atomic E-state index is 5.86. The third-order valence-corrected chi connectivity index (χ3v) is 4.17. The summed E-state index contributed by atoms with van der Waals surface area (Å²) < 4.78 is 11.0. The van der Waals surface area contributed by atoms with Crippen molar-refractivity contribution in [3.63, 3.8) is 0 Å². The van der Waals surface area contributed by atoms with Gasteiger partial charge in [-0.3, -0.25) is 4.90 Å². The van der Waals surface area contributed by atoms with Crippen LogP contribution in [0.4, 0.5) is 0 Å². The monoisotopic (exact) mass is 292 g/mol. The maximum atomic E-state index is 5.86. The van der Waals surface area contributed by atoms with E-state index in [4.69, 9.17) is 9.47 Å². The largest absolute Gasteiger partial charge is 0.497 e. The van der Waals surface area contributed by atoms with Gasteiger partial charge in [0.05, 0.1) is 19.8 Å². The van der Waals surface area contributed by atoms with Crippen molar-refractivity contribution in [3.05, 3.63) is 29.8 Å². The molecule has 1 aromatic carbocycles. The van der Waals surface area contributed by atoms with Crippen molar-refractivity contribution in [2.75, 3.05) is 33.4 Å². The van der Waals surface area contributed by atoms with Crippen molar-refractivity contribution in [1.29, 1.82) is 0 Å². The molecule has 2 atom stereocenters. The highest BCUT2D eigenvalue weighted by Gasteiger charge is 2.22. The number of nitrogens with one attached hydrogen (secondary N) is 1. The third kappa shape index (κ3) is 4.70. The van der Waals surface area contributed by atoms with Crippen molar-refractivity contribution in [1.82, 2.24) is 10.2 Å². The Hall–Kier alpha value is -1.10. The van der Waals surface area contributed by atoms with Crippen LogP contribution in [0.3, 0.4) is 0 Å². The van der Waals surface area contributed by atoms with Crippen molar-refractivity contribution in [2.45, 2.75) is 39.0 Å². The lowest BCUT2D eigenvalue weighted by molar-refractivity contribution is -0.0379. The van der Waals surface area contributed by atoms with E-state index in [1.807, 2.05) is 12.1 Å². The van der Waals surface area contributed by atoms with Gasteiger partial charge in [-0.05, 0) is 38.5 Å². The third-order valence-electron chi connectivity index (χ3n) is 4.17. The molecule has 1 fully saturated rings. The van der Waals surface area contributed by atoms with Crippen molar-refractivity contribution in [2.24, 2.45) is 0 Å². The zero-order valence-electron chi connectivity index (χ0n) is 13.6.